The van der Waals surface area contributed by atoms with E-state index in [-0.39, 0.29) is 22.0 Å². The Labute approximate surface area is 134 Å². The minimum Gasteiger partial charge on any atom is -0.409 e. The average molecular weight is 403 g/mol. The topological polar surface area (TPSA) is 105 Å². The maximum atomic E-state index is 12.3. The Morgan fingerprint density at radius 1 is 1.60 bits per heavy atom. The van der Waals surface area contributed by atoms with Gasteiger partial charge in [0.05, 0.1) is 8.81 Å². The van der Waals surface area contributed by atoms with Crippen LogP contribution < -0.4 is 10.5 Å². The number of halogens is 2. The fraction of sp³-hybridized carbons (Fsp3) is 0.500. The van der Waals surface area contributed by atoms with E-state index in [0.717, 1.165) is 17.8 Å². The van der Waals surface area contributed by atoms with Crippen LogP contribution in [0.25, 0.3) is 0 Å². The average Bonchev–Trinajstić information content (AvgIpc) is 2.96. The van der Waals surface area contributed by atoms with Crippen LogP contribution in [-0.4, -0.2) is 25.5 Å². The van der Waals surface area contributed by atoms with Gasteiger partial charge in [-0.3, -0.25) is 0 Å². The van der Waals surface area contributed by atoms with Crippen molar-refractivity contribution < 1.29 is 13.6 Å². The lowest BCUT2D eigenvalue weighted by molar-refractivity contribution is 0.312. The molecule has 1 heterocycles. The molecule has 1 fully saturated rings. The third-order valence-corrected chi connectivity index (χ3v) is 7.64. The third kappa shape index (κ3) is 3.28. The Kier molecular flexibility index (Phi) is 4.96. The summed E-state index contributed by atoms with van der Waals surface area (Å²) in [5, 5.41) is 12.1. The van der Waals surface area contributed by atoms with Gasteiger partial charge < -0.3 is 10.9 Å². The van der Waals surface area contributed by atoms with Gasteiger partial charge in [0.15, 0.2) is 0 Å². The van der Waals surface area contributed by atoms with Crippen molar-refractivity contribution in [1.29, 1.82) is 0 Å². The van der Waals surface area contributed by atoms with Crippen LogP contribution in [0.2, 0.25) is 5.02 Å². The maximum Gasteiger partial charge on any atom is 0.250 e. The highest BCUT2D eigenvalue weighted by Crippen LogP contribution is 2.35. The van der Waals surface area contributed by atoms with Crippen molar-refractivity contribution in [2.24, 2.45) is 16.8 Å². The molecule has 0 radical (unpaired) electrons. The van der Waals surface area contributed by atoms with E-state index in [9.17, 15) is 8.42 Å². The lowest BCUT2D eigenvalue weighted by Crippen LogP contribution is -2.42. The van der Waals surface area contributed by atoms with Crippen LogP contribution in [0.15, 0.2) is 19.2 Å². The van der Waals surface area contributed by atoms with E-state index < -0.39 is 10.0 Å². The Hall–Kier alpha value is -0.350. The molecule has 1 aromatic rings. The molecule has 0 spiro atoms. The van der Waals surface area contributed by atoms with E-state index in [1.807, 2.05) is 0 Å². The number of nitrogens with two attached hydrogens (primary N) is 1. The smallest absolute Gasteiger partial charge is 0.250 e. The molecule has 112 valence electrons. The van der Waals surface area contributed by atoms with Crippen molar-refractivity contribution in [3.63, 3.8) is 0 Å². The second-order valence-electron chi connectivity index (χ2n) is 4.48. The van der Waals surface area contributed by atoms with Crippen molar-refractivity contribution in [2.45, 2.75) is 29.5 Å². The fourth-order valence-corrected chi connectivity index (χ4v) is 5.97. The van der Waals surface area contributed by atoms with Crippen LogP contribution in [0.3, 0.4) is 0 Å². The minimum atomic E-state index is -3.66. The van der Waals surface area contributed by atoms with E-state index in [1.54, 1.807) is 0 Å². The van der Waals surface area contributed by atoms with E-state index in [4.69, 9.17) is 22.5 Å². The summed E-state index contributed by atoms with van der Waals surface area (Å²) < 4.78 is 27.9. The quantitative estimate of drug-likeness (QED) is 0.311. The van der Waals surface area contributed by atoms with Crippen molar-refractivity contribution in [3.8, 4) is 0 Å². The van der Waals surface area contributed by atoms with Crippen molar-refractivity contribution in [1.82, 2.24) is 4.72 Å². The third-order valence-electron chi connectivity index (χ3n) is 3.21. The molecule has 6 nitrogen and oxygen atoms in total. The zero-order valence-electron chi connectivity index (χ0n) is 10.2. The zero-order valence-corrected chi connectivity index (χ0v) is 14.2. The molecule has 10 heteroatoms. The van der Waals surface area contributed by atoms with Crippen LogP contribution >= 0.6 is 38.9 Å². The highest BCUT2D eigenvalue weighted by molar-refractivity contribution is 9.11. The summed E-state index contributed by atoms with van der Waals surface area (Å²) in [6, 6.07) is 1.03. The molecule has 0 bridgehead atoms. The molecule has 0 aromatic carbocycles. The van der Waals surface area contributed by atoms with Crippen LogP contribution in [0, 0.1) is 5.92 Å². The van der Waals surface area contributed by atoms with Crippen molar-refractivity contribution in [3.05, 3.63) is 14.9 Å². The van der Waals surface area contributed by atoms with Gasteiger partial charge in [0.25, 0.3) is 0 Å². The van der Waals surface area contributed by atoms with Gasteiger partial charge in [-0.05, 0) is 34.8 Å². The van der Waals surface area contributed by atoms with Gasteiger partial charge in [-0.15, -0.1) is 11.3 Å². The molecular weight excluding hydrogens is 390 g/mol. The molecule has 0 aliphatic heterocycles. The number of thiophene rings is 1. The Morgan fingerprint density at radius 3 is 2.85 bits per heavy atom. The first-order valence-electron chi connectivity index (χ1n) is 5.79. The first-order chi connectivity index (χ1) is 9.35. The van der Waals surface area contributed by atoms with Crippen LogP contribution in [-0.2, 0) is 10.0 Å². The molecule has 1 aliphatic carbocycles. The summed E-state index contributed by atoms with van der Waals surface area (Å²) in [5.41, 5.74) is 5.59. The van der Waals surface area contributed by atoms with Gasteiger partial charge in [0.1, 0.15) is 10.0 Å². The monoisotopic (exact) mass is 401 g/mol. The van der Waals surface area contributed by atoms with Gasteiger partial charge >= 0.3 is 0 Å². The Balaban J connectivity index is 2.20. The molecule has 1 saturated carbocycles. The standard InChI is InChI=1S/C10H13BrClN3O3S2/c11-9-6(12)4-8(19-9)20(17,18)15-7-3-1-2-5(7)10(13)14-16/h4-5,7,15-16H,1-3H2,(H2,13,14). The molecule has 0 amide bonds. The second-order valence-corrected chi connectivity index (χ2v) is 9.20. The summed E-state index contributed by atoms with van der Waals surface area (Å²) in [7, 11) is -3.66. The van der Waals surface area contributed by atoms with Crippen LogP contribution in [0.5, 0.6) is 0 Å². The van der Waals surface area contributed by atoms with Gasteiger partial charge in [-0.1, -0.05) is 23.2 Å². The van der Waals surface area contributed by atoms with Gasteiger partial charge in [-0.25, -0.2) is 13.1 Å². The molecule has 20 heavy (non-hydrogen) atoms. The number of amidine groups is 1. The number of nitrogens with one attached hydrogen (secondary N) is 1. The summed E-state index contributed by atoms with van der Waals surface area (Å²) in [6.07, 6.45) is 2.17. The lowest BCUT2D eigenvalue weighted by atomic mass is 10.0. The number of sulfonamides is 1. The summed E-state index contributed by atoms with van der Waals surface area (Å²) >= 11 is 10.1. The molecular formula is C10H13BrClN3O3S2. The van der Waals surface area contributed by atoms with E-state index in [2.05, 4.69) is 25.8 Å². The minimum absolute atomic E-state index is 0.0561. The van der Waals surface area contributed by atoms with Crippen molar-refractivity contribution in [2.75, 3.05) is 0 Å². The molecule has 1 aromatic heterocycles. The number of oxime groups is 1. The van der Waals surface area contributed by atoms with E-state index in [0.29, 0.717) is 21.7 Å². The summed E-state index contributed by atoms with van der Waals surface area (Å²) in [5.74, 6) is -0.228. The SMILES string of the molecule is NC(=NO)C1CCCC1NS(=O)(=O)c1cc(Cl)c(Br)s1. The predicted octanol–water partition coefficient (Wildman–Crippen LogP) is 2.36. The van der Waals surface area contributed by atoms with Gasteiger partial charge in [-0.2, -0.15) is 0 Å². The number of rotatable bonds is 4. The van der Waals surface area contributed by atoms with Gasteiger partial charge in [0, 0.05) is 12.0 Å². The normalized spacial score (nSPS) is 24.2. The summed E-state index contributed by atoms with van der Waals surface area (Å²) in [6.45, 7) is 0. The molecule has 2 atom stereocenters. The largest absolute Gasteiger partial charge is 0.409 e. The first-order valence-corrected chi connectivity index (χ1v) is 9.27. The Morgan fingerprint density at radius 2 is 2.30 bits per heavy atom. The highest BCUT2D eigenvalue weighted by atomic mass is 79.9. The van der Waals surface area contributed by atoms with Gasteiger partial charge in [0.2, 0.25) is 10.0 Å². The predicted molar refractivity (Wildman–Crippen MR) is 81.9 cm³/mol. The molecule has 2 unspecified atom stereocenters. The Bertz CT molecular complexity index is 612. The van der Waals surface area contributed by atoms with Crippen LogP contribution in [0.4, 0.5) is 0 Å². The number of nitrogens with zero attached hydrogens (tertiary/aromatic N) is 1. The highest BCUT2D eigenvalue weighted by Gasteiger charge is 2.34. The molecule has 1 aliphatic rings. The molecule has 2 rings (SSSR count). The maximum absolute atomic E-state index is 12.3. The molecule has 0 saturated heterocycles. The van der Waals surface area contributed by atoms with Crippen LogP contribution in [0.1, 0.15) is 19.3 Å². The summed E-state index contributed by atoms with van der Waals surface area (Å²) in [4.78, 5) is 0. The second kappa shape index (κ2) is 6.18. The first kappa shape index (κ1) is 16.0. The lowest BCUT2D eigenvalue weighted by Gasteiger charge is -2.19. The number of hydrogen-bond donors (Lipinski definition) is 3. The van der Waals surface area contributed by atoms with E-state index >= 15 is 0 Å². The van der Waals surface area contributed by atoms with E-state index in [1.165, 1.54) is 6.07 Å². The number of hydrogen-bond acceptors (Lipinski definition) is 5. The fourth-order valence-electron chi connectivity index (χ4n) is 2.25. The van der Waals surface area contributed by atoms with Crippen molar-refractivity contribution >= 4 is 54.7 Å². The molecule has 4 N–H and O–H groups in total. The zero-order chi connectivity index (χ0) is 14.9.